The quantitative estimate of drug-likeness (QED) is 0.215. The molecule has 6 aliphatic rings. The second-order valence-electron chi connectivity index (χ2n) is 16.9. The van der Waals surface area contributed by atoms with Crippen molar-refractivity contribution < 1.29 is 53.2 Å². The molecule has 4 fully saturated rings. The Hall–Kier alpha value is -4.69. The summed E-state index contributed by atoms with van der Waals surface area (Å²) < 4.78 is 136. The van der Waals surface area contributed by atoms with Crippen molar-refractivity contribution in [1.82, 2.24) is 29.5 Å². The molecule has 6 aliphatic heterocycles. The van der Waals surface area contributed by atoms with E-state index in [-0.39, 0.29) is 115 Å². The van der Waals surface area contributed by atoms with Gasteiger partial charge in [0.2, 0.25) is 0 Å². The predicted octanol–water partition coefficient (Wildman–Crippen LogP) is 6.41. The maximum atomic E-state index is 17.5. The molecule has 322 valence electrons. The lowest BCUT2D eigenvalue weighted by Gasteiger charge is -2.42. The summed E-state index contributed by atoms with van der Waals surface area (Å²) in [4.78, 5) is 30.3. The molecule has 1 amide bonds. The summed E-state index contributed by atoms with van der Waals surface area (Å²) in [5.74, 6) is -5.03. The molecule has 2 aromatic carbocycles. The van der Waals surface area contributed by atoms with Gasteiger partial charge in [0.25, 0.3) is 5.92 Å². The van der Waals surface area contributed by atoms with Crippen LogP contribution in [0.2, 0.25) is 0 Å². The number of ether oxygens (including phenoxy) is 2. The van der Waals surface area contributed by atoms with Crippen molar-refractivity contribution in [1.29, 1.82) is 0 Å². The Morgan fingerprint density at radius 3 is 2.58 bits per heavy atom. The molecule has 4 atom stereocenters. The molecule has 0 radical (unpaired) electrons. The van der Waals surface area contributed by atoms with Crippen LogP contribution < -0.4 is 19.1 Å². The van der Waals surface area contributed by atoms with Gasteiger partial charge < -0.3 is 23.9 Å². The number of nitrogens with zero attached hydrogens (tertiary/aromatic N) is 6. The lowest BCUT2D eigenvalue weighted by molar-refractivity contribution is -0.0420. The van der Waals surface area contributed by atoms with Gasteiger partial charge >= 0.3 is 22.4 Å². The minimum absolute atomic E-state index is 0.00936. The molecule has 8 heterocycles. The fourth-order valence-electron chi connectivity index (χ4n) is 9.63. The van der Waals surface area contributed by atoms with Crippen LogP contribution in [0.5, 0.6) is 11.8 Å². The van der Waals surface area contributed by atoms with E-state index in [9.17, 15) is 26.4 Å². The lowest BCUT2D eigenvalue weighted by atomic mass is 9.90. The average Bonchev–Trinajstić information content (AvgIpc) is 3.70. The maximum Gasteiger partial charge on any atom is 0.407 e. The summed E-state index contributed by atoms with van der Waals surface area (Å²) in [6.07, 6.45) is -1.76. The normalized spacial score (nSPS) is 27.5. The number of nitrogens with one attached hydrogen (secondary N) is 1. The van der Waals surface area contributed by atoms with Crippen molar-refractivity contribution in [2.24, 2.45) is 0 Å². The number of alkyl halides is 4. The molecule has 0 aliphatic carbocycles. The van der Waals surface area contributed by atoms with E-state index in [2.05, 4.69) is 20.3 Å². The van der Waals surface area contributed by atoms with E-state index >= 15 is 13.2 Å². The van der Waals surface area contributed by atoms with Gasteiger partial charge in [0.1, 0.15) is 47.5 Å². The topological polar surface area (TPSA) is 139 Å². The zero-order valence-corrected chi connectivity index (χ0v) is 33.5. The van der Waals surface area contributed by atoms with Gasteiger partial charge in [0.15, 0.2) is 5.82 Å². The van der Waals surface area contributed by atoms with Crippen molar-refractivity contribution in [3.8, 4) is 23.0 Å². The lowest BCUT2D eigenvalue weighted by Crippen LogP contribution is -2.60. The average molecular weight is 864 g/mol. The van der Waals surface area contributed by atoms with Crippen LogP contribution in [0.15, 0.2) is 30.5 Å². The number of pyridine rings is 1. The predicted molar refractivity (Wildman–Crippen MR) is 207 cm³/mol. The molecule has 13 nitrogen and oxygen atoms in total. The fraction of sp³-hybridized carbons (Fsp3) is 0.550. The number of hydrogen-bond acceptors (Lipinski definition) is 11. The number of anilines is 1. The number of benzene rings is 2. The Balaban J connectivity index is 1.21. The van der Waals surface area contributed by atoms with E-state index in [0.29, 0.717) is 13.0 Å². The van der Waals surface area contributed by atoms with Crippen LogP contribution in [0.1, 0.15) is 57.4 Å². The van der Waals surface area contributed by atoms with E-state index in [1.54, 1.807) is 6.92 Å². The Kier molecular flexibility index (Phi) is 10.2. The molecule has 0 spiro atoms. The number of halogens is 6. The smallest absolute Gasteiger partial charge is 0.407 e. The zero-order chi connectivity index (χ0) is 42.2. The number of alkyl carbamates (subject to hydrolysis) is 1. The number of amides is 1. The Morgan fingerprint density at radius 2 is 1.78 bits per heavy atom. The van der Waals surface area contributed by atoms with Gasteiger partial charge in [-0.25, -0.2) is 31.1 Å². The first kappa shape index (κ1) is 40.7. The molecule has 2 aromatic heterocycles. The van der Waals surface area contributed by atoms with Crippen LogP contribution in [-0.2, 0) is 21.5 Å². The van der Waals surface area contributed by atoms with Crippen LogP contribution >= 0.6 is 0 Å². The highest BCUT2D eigenvalue weighted by Gasteiger charge is 2.50. The molecule has 4 saturated heterocycles. The molecule has 20 heteroatoms. The van der Waals surface area contributed by atoms with E-state index < -0.39 is 83.3 Å². The number of aryl methyl sites for hydroxylation is 1. The summed E-state index contributed by atoms with van der Waals surface area (Å²) in [5, 5.41) is 3.19. The van der Waals surface area contributed by atoms with Crippen molar-refractivity contribution >= 4 is 43.9 Å². The minimum atomic E-state index is -4.64. The van der Waals surface area contributed by atoms with Gasteiger partial charge in [-0.3, -0.25) is 9.88 Å². The van der Waals surface area contributed by atoms with Crippen LogP contribution in [0.25, 0.3) is 32.9 Å². The molecule has 10 rings (SSSR count). The second-order valence-corrected chi connectivity index (χ2v) is 18.4. The molecule has 4 aromatic rings. The number of rotatable bonds is 6. The summed E-state index contributed by atoms with van der Waals surface area (Å²) in [6, 6.07) is 4.72. The van der Waals surface area contributed by atoms with Gasteiger partial charge in [0.05, 0.1) is 29.6 Å². The monoisotopic (exact) mass is 863 g/mol. The van der Waals surface area contributed by atoms with Gasteiger partial charge in [-0.1, -0.05) is 6.07 Å². The van der Waals surface area contributed by atoms with Crippen LogP contribution in [0, 0.1) is 11.6 Å². The SMILES string of the molecule is C[C@@]12C[C@@H](F)CN(C1)c1nc(OC[C@@]34CCCN3C[C@H](F)C4)nc3c(F)c(ncc13)-c1cc(OS(=O)(=O)N3CCC(F)(F)CC3)cc3ccc(F)c(c13)CCCOC(=O)N2. The Bertz CT molecular complexity index is 2480. The number of aromatic nitrogens is 3. The minimum Gasteiger partial charge on any atom is -0.461 e. The Morgan fingerprint density at radius 1 is 1.00 bits per heavy atom. The molecular weight excluding hydrogens is 821 g/mol. The van der Waals surface area contributed by atoms with Crippen molar-refractivity contribution in [2.45, 2.75) is 87.6 Å². The van der Waals surface area contributed by atoms with Gasteiger partial charge in [-0.15, -0.1) is 0 Å². The Labute approximate surface area is 341 Å². The first-order valence-corrected chi connectivity index (χ1v) is 21.4. The maximum absolute atomic E-state index is 17.5. The van der Waals surface area contributed by atoms with Gasteiger partial charge in [0, 0.05) is 63.6 Å². The van der Waals surface area contributed by atoms with Crippen LogP contribution in [-0.4, -0.2) is 120 Å². The van der Waals surface area contributed by atoms with Crippen LogP contribution in [0.3, 0.4) is 0 Å². The third-order valence-electron chi connectivity index (χ3n) is 12.4. The molecule has 0 unspecified atom stereocenters. The third kappa shape index (κ3) is 7.63. The van der Waals surface area contributed by atoms with E-state index in [4.69, 9.17) is 13.7 Å². The number of hydrogen-bond donors (Lipinski definition) is 1. The largest absolute Gasteiger partial charge is 0.461 e. The summed E-state index contributed by atoms with van der Waals surface area (Å²) in [7, 11) is -4.64. The first-order chi connectivity index (χ1) is 28.5. The molecule has 1 N–H and O–H groups in total. The standard InChI is InChI=1S/C40H43F6N7O6S/c1-38-16-24(41)19-51(21-38)35-29-18-47-33(32(44)34(29)48-36(49-35)58-22-39-7-3-10-52(39)20-25(42)17-39)28-15-26(59-60(55,56)53-11-8-40(45,46)9-12-53)14-23-5-6-30(43)27(31(23)28)4-2-13-57-37(54)50-38/h5-6,14-15,18,24-25H,2-4,7-13,16-17,19-22H2,1H3,(H,50,54)/t24-,25-,38-,39+/m1/s1. The number of fused-ring (bicyclic) bond motifs is 7. The summed E-state index contributed by atoms with van der Waals surface area (Å²) >= 11 is 0. The van der Waals surface area contributed by atoms with E-state index in [1.165, 1.54) is 29.3 Å². The highest BCUT2D eigenvalue weighted by Crippen LogP contribution is 2.43. The first-order valence-electron chi connectivity index (χ1n) is 20.1. The number of carbonyl (C=O) groups is 1. The second kappa shape index (κ2) is 15.0. The fourth-order valence-corrected chi connectivity index (χ4v) is 10.7. The van der Waals surface area contributed by atoms with Crippen molar-refractivity contribution in [3.05, 3.63) is 47.7 Å². The highest BCUT2D eigenvalue weighted by molar-refractivity contribution is 7.84. The van der Waals surface area contributed by atoms with Gasteiger partial charge in [-0.2, -0.15) is 22.7 Å². The molecular formula is C40H43F6N7O6S. The highest BCUT2D eigenvalue weighted by atomic mass is 32.2. The molecule has 60 heavy (non-hydrogen) atoms. The molecule has 0 saturated carbocycles. The third-order valence-corrected chi connectivity index (χ3v) is 13.8. The van der Waals surface area contributed by atoms with Crippen molar-refractivity contribution in [3.63, 3.8) is 0 Å². The summed E-state index contributed by atoms with van der Waals surface area (Å²) in [6.45, 7) is 1.24. The zero-order valence-electron chi connectivity index (χ0n) is 32.7. The van der Waals surface area contributed by atoms with Gasteiger partial charge in [-0.05, 0) is 73.7 Å². The van der Waals surface area contributed by atoms with E-state index in [1.807, 2.05) is 4.90 Å². The summed E-state index contributed by atoms with van der Waals surface area (Å²) in [5.41, 5.74) is -2.51. The van der Waals surface area contributed by atoms with Crippen LogP contribution in [0.4, 0.5) is 37.0 Å². The molecule has 6 bridgehead atoms. The number of carbonyl (C=O) groups excluding carboxylic acids is 1. The van der Waals surface area contributed by atoms with Crippen molar-refractivity contribution in [2.75, 3.05) is 57.4 Å². The number of piperidine rings is 2. The van der Waals surface area contributed by atoms with E-state index in [0.717, 1.165) is 16.8 Å².